The van der Waals surface area contributed by atoms with Gasteiger partial charge < -0.3 is 20.1 Å². The summed E-state index contributed by atoms with van der Waals surface area (Å²) >= 11 is 0. The molecule has 1 fully saturated rings. The Hall–Kier alpha value is -3.31. The first-order valence-corrected chi connectivity index (χ1v) is 11.2. The minimum absolute atomic E-state index is 0.402. The zero-order chi connectivity index (χ0) is 22.1. The van der Waals surface area contributed by atoms with Crippen molar-refractivity contribution in [2.45, 2.75) is 43.5 Å². The van der Waals surface area contributed by atoms with E-state index >= 15 is 0 Å². The molecule has 1 aliphatic heterocycles. The van der Waals surface area contributed by atoms with Crippen LogP contribution in [0.4, 0.5) is 10.5 Å². The van der Waals surface area contributed by atoms with E-state index in [1.54, 1.807) is 0 Å². The van der Waals surface area contributed by atoms with Crippen LogP contribution in [0.2, 0.25) is 0 Å². The van der Waals surface area contributed by atoms with E-state index in [0.29, 0.717) is 18.0 Å². The van der Waals surface area contributed by atoms with Crippen molar-refractivity contribution in [3.63, 3.8) is 0 Å². The van der Waals surface area contributed by atoms with Gasteiger partial charge in [-0.1, -0.05) is 66.7 Å². The van der Waals surface area contributed by atoms with Crippen LogP contribution in [-0.2, 0) is 11.3 Å². The number of benzene rings is 3. The van der Waals surface area contributed by atoms with Crippen LogP contribution in [0.25, 0.3) is 0 Å². The molecule has 0 spiro atoms. The van der Waals surface area contributed by atoms with E-state index in [1.807, 2.05) is 42.5 Å². The van der Waals surface area contributed by atoms with Crippen LogP contribution in [0.5, 0.6) is 0 Å². The highest BCUT2D eigenvalue weighted by molar-refractivity contribution is 5.65. The Morgan fingerprint density at radius 2 is 1.75 bits per heavy atom. The SMILES string of the molecule is CN1c2ccc(C(OC(=O)O)c3ccccc3)cc2C2CCC(NCc3ccccc3)C21. The van der Waals surface area contributed by atoms with Crippen LogP contribution in [0.3, 0.4) is 0 Å². The lowest BCUT2D eigenvalue weighted by Gasteiger charge is -2.29. The smallest absolute Gasteiger partial charge is 0.450 e. The first kappa shape index (κ1) is 20.6. The molecule has 0 saturated heterocycles. The van der Waals surface area contributed by atoms with Crippen molar-refractivity contribution < 1.29 is 14.6 Å². The molecule has 32 heavy (non-hydrogen) atoms. The summed E-state index contributed by atoms with van der Waals surface area (Å²) in [6.07, 6.45) is 0.356. The molecular weight excluding hydrogens is 400 g/mol. The van der Waals surface area contributed by atoms with Gasteiger partial charge in [-0.05, 0) is 47.2 Å². The van der Waals surface area contributed by atoms with Crippen LogP contribution in [0, 0.1) is 0 Å². The Kier molecular flexibility index (Phi) is 5.58. The summed E-state index contributed by atoms with van der Waals surface area (Å²) in [4.78, 5) is 13.8. The van der Waals surface area contributed by atoms with Gasteiger partial charge in [-0.3, -0.25) is 0 Å². The van der Waals surface area contributed by atoms with Crippen LogP contribution in [0.1, 0.15) is 47.1 Å². The van der Waals surface area contributed by atoms with Gasteiger partial charge in [0.2, 0.25) is 0 Å². The molecule has 5 rings (SSSR count). The molecule has 0 amide bonds. The molecule has 3 aromatic rings. The molecule has 2 N–H and O–H groups in total. The summed E-state index contributed by atoms with van der Waals surface area (Å²) in [6, 6.07) is 27.2. The maximum atomic E-state index is 11.4. The molecule has 164 valence electrons. The third-order valence-electron chi connectivity index (χ3n) is 6.93. The molecule has 0 radical (unpaired) electrons. The lowest BCUT2D eigenvalue weighted by molar-refractivity contribution is 0.0663. The highest BCUT2D eigenvalue weighted by Crippen LogP contribution is 2.49. The summed E-state index contributed by atoms with van der Waals surface area (Å²) in [7, 11) is 2.17. The Labute approximate surface area is 188 Å². The van der Waals surface area contributed by atoms with Gasteiger partial charge in [0.15, 0.2) is 6.10 Å². The highest BCUT2D eigenvalue weighted by atomic mass is 16.7. The summed E-state index contributed by atoms with van der Waals surface area (Å²) < 4.78 is 5.32. The van der Waals surface area contributed by atoms with Crippen molar-refractivity contribution >= 4 is 11.8 Å². The monoisotopic (exact) mass is 428 g/mol. The Bertz CT molecular complexity index is 1090. The maximum absolute atomic E-state index is 11.4. The van der Waals surface area contributed by atoms with Crippen molar-refractivity contribution in [3.05, 3.63) is 101 Å². The fourth-order valence-electron chi connectivity index (χ4n) is 5.50. The van der Waals surface area contributed by atoms with Crippen LogP contribution in [0.15, 0.2) is 78.9 Å². The van der Waals surface area contributed by atoms with Crippen molar-refractivity contribution in [3.8, 4) is 0 Å². The number of hydrogen-bond acceptors (Lipinski definition) is 4. The first-order chi connectivity index (χ1) is 15.6. The van der Waals surface area contributed by atoms with Gasteiger partial charge in [-0.25, -0.2) is 4.79 Å². The first-order valence-electron chi connectivity index (χ1n) is 11.2. The Morgan fingerprint density at radius 3 is 2.47 bits per heavy atom. The van der Waals surface area contributed by atoms with Crippen LogP contribution in [-0.4, -0.2) is 30.4 Å². The number of ether oxygens (including phenoxy) is 1. The molecular formula is C27H28N2O3. The topological polar surface area (TPSA) is 61.8 Å². The number of nitrogens with zero attached hydrogens (tertiary/aromatic N) is 1. The van der Waals surface area contributed by atoms with Gasteiger partial charge in [0.1, 0.15) is 0 Å². The average Bonchev–Trinajstić information content (AvgIpc) is 3.36. The maximum Gasteiger partial charge on any atom is 0.506 e. The molecule has 4 atom stereocenters. The molecule has 3 aromatic carbocycles. The molecule has 0 aromatic heterocycles. The van der Waals surface area contributed by atoms with Gasteiger partial charge in [-0.15, -0.1) is 0 Å². The van der Waals surface area contributed by atoms with Crippen LogP contribution < -0.4 is 10.2 Å². The van der Waals surface area contributed by atoms with Crippen molar-refractivity contribution in [1.29, 1.82) is 0 Å². The lowest BCUT2D eigenvalue weighted by atomic mass is 9.92. The minimum Gasteiger partial charge on any atom is -0.450 e. The van der Waals surface area contributed by atoms with E-state index in [9.17, 15) is 9.90 Å². The average molecular weight is 429 g/mol. The molecule has 1 saturated carbocycles. The number of anilines is 1. The summed E-state index contributed by atoms with van der Waals surface area (Å²) in [5.41, 5.74) is 5.55. The number of carbonyl (C=O) groups is 1. The number of carboxylic acid groups (broad SMARTS) is 1. The summed E-state index contributed by atoms with van der Waals surface area (Å²) in [5.74, 6) is 0.435. The Balaban J connectivity index is 1.40. The molecule has 5 heteroatoms. The molecule has 0 bridgehead atoms. The number of hydrogen-bond donors (Lipinski definition) is 2. The van der Waals surface area contributed by atoms with E-state index in [-0.39, 0.29) is 0 Å². The zero-order valence-corrected chi connectivity index (χ0v) is 18.1. The minimum atomic E-state index is -1.26. The predicted molar refractivity (Wildman–Crippen MR) is 125 cm³/mol. The van der Waals surface area contributed by atoms with Gasteiger partial charge in [0.25, 0.3) is 0 Å². The number of rotatable bonds is 6. The summed E-state index contributed by atoms with van der Waals surface area (Å²) in [6.45, 7) is 0.868. The van der Waals surface area contributed by atoms with E-state index in [1.165, 1.54) is 16.8 Å². The Morgan fingerprint density at radius 1 is 1.03 bits per heavy atom. The molecule has 4 unspecified atom stereocenters. The van der Waals surface area contributed by atoms with Gasteiger partial charge in [-0.2, -0.15) is 0 Å². The van der Waals surface area contributed by atoms with Gasteiger partial charge in [0, 0.05) is 31.2 Å². The van der Waals surface area contributed by atoms with E-state index in [2.05, 4.69) is 53.7 Å². The largest absolute Gasteiger partial charge is 0.506 e. The lowest BCUT2D eigenvalue weighted by Crippen LogP contribution is -2.44. The van der Waals surface area contributed by atoms with E-state index < -0.39 is 12.3 Å². The fourth-order valence-corrected chi connectivity index (χ4v) is 5.50. The van der Waals surface area contributed by atoms with Crippen molar-refractivity contribution in [1.82, 2.24) is 5.32 Å². The van der Waals surface area contributed by atoms with Crippen molar-refractivity contribution in [2.75, 3.05) is 11.9 Å². The normalized spacial score (nSPS) is 22.3. The zero-order valence-electron chi connectivity index (χ0n) is 18.1. The van der Waals surface area contributed by atoms with Gasteiger partial charge in [0.05, 0.1) is 6.04 Å². The summed E-state index contributed by atoms with van der Waals surface area (Å²) in [5, 5.41) is 13.1. The highest BCUT2D eigenvalue weighted by Gasteiger charge is 2.45. The standard InChI is InChI=1S/C27H28N2O3/c1-29-24-15-12-20(26(32-27(30)31)19-10-6-3-7-11-19)16-22(24)21-13-14-23(25(21)29)28-17-18-8-4-2-5-9-18/h2-12,15-16,21,23,25-26,28H,13-14,17H2,1H3,(H,30,31). The third-order valence-corrected chi connectivity index (χ3v) is 6.93. The molecule has 1 heterocycles. The molecule has 2 aliphatic rings. The second kappa shape index (κ2) is 8.67. The number of likely N-dealkylation sites (N-methyl/N-ethyl adjacent to an activating group) is 1. The van der Waals surface area contributed by atoms with Crippen molar-refractivity contribution in [2.24, 2.45) is 0 Å². The third kappa shape index (κ3) is 3.84. The predicted octanol–water partition coefficient (Wildman–Crippen LogP) is 5.32. The quantitative estimate of drug-likeness (QED) is 0.520. The number of fused-ring (bicyclic) bond motifs is 3. The molecule has 5 nitrogen and oxygen atoms in total. The second-order valence-corrected chi connectivity index (χ2v) is 8.75. The van der Waals surface area contributed by atoms with E-state index in [4.69, 9.17) is 4.74 Å². The van der Waals surface area contributed by atoms with E-state index in [0.717, 1.165) is 30.5 Å². The van der Waals surface area contributed by atoms with Crippen LogP contribution >= 0.6 is 0 Å². The number of nitrogens with one attached hydrogen (secondary N) is 1. The second-order valence-electron chi connectivity index (χ2n) is 8.75. The van der Waals surface area contributed by atoms with Gasteiger partial charge >= 0.3 is 6.16 Å². The molecule has 1 aliphatic carbocycles. The fraction of sp³-hybridized carbons (Fsp3) is 0.296.